The minimum absolute atomic E-state index is 0.0735. The lowest BCUT2D eigenvalue weighted by molar-refractivity contribution is -0.129. The van der Waals surface area contributed by atoms with Crippen LogP contribution in [0.2, 0.25) is 0 Å². The minimum atomic E-state index is -0.0735. The number of hydrogen-bond acceptors (Lipinski definition) is 5. The highest BCUT2D eigenvalue weighted by molar-refractivity contribution is 5.87. The molecule has 0 aliphatic heterocycles. The minimum Gasteiger partial charge on any atom is -0.439 e. The number of nitroso groups, excluding NO2 is 1. The van der Waals surface area contributed by atoms with Crippen LogP contribution in [0.3, 0.4) is 0 Å². The molecule has 0 spiro atoms. The normalized spacial score (nSPS) is 30.9. The van der Waals surface area contributed by atoms with Crippen LogP contribution in [0.5, 0.6) is 11.6 Å². The summed E-state index contributed by atoms with van der Waals surface area (Å²) in [5.74, 6) is 3.48. The van der Waals surface area contributed by atoms with Crippen molar-refractivity contribution < 1.29 is 9.53 Å². The molecule has 0 bridgehead atoms. The molecule has 3 aliphatic carbocycles. The number of aryl methyl sites for hydroxylation is 1. The number of ether oxygens (including phenoxy) is 1. The summed E-state index contributed by atoms with van der Waals surface area (Å²) < 4.78 is 5.88. The third-order valence-electron chi connectivity index (χ3n) is 7.46. The fraction of sp³-hybridized carbons (Fsp3) is 0.478. The van der Waals surface area contributed by atoms with E-state index in [1.807, 2.05) is 6.07 Å². The maximum absolute atomic E-state index is 12.5. The first-order valence-corrected chi connectivity index (χ1v) is 10.2. The zero-order valence-electron chi connectivity index (χ0n) is 16.1. The molecular weight excluding hydrogens is 352 g/mol. The fourth-order valence-electron chi connectivity index (χ4n) is 6.00. The van der Waals surface area contributed by atoms with E-state index in [0.29, 0.717) is 35.1 Å². The van der Waals surface area contributed by atoms with Gasteiger partial charge in [0.25, 0.3) is 0 Å². The highest BCUT2D eigenvalue weighted by Crippen LogP contribution is 2.59. The van der Waals surface area contributed by atoms with Gasteiger partial charge in [0.1, 0.15) is 17.2 Å². The maximum atomic E-state index is 12.5. The van der Waals surface area contributed by atoms with E-state index in [1.165, 1.54) is 17.3 Å². The summed E-state index contributed by atoms with van der Waals surface area (Å²) in [7, 11) is 0. The number of Topliss-reactive ketones (excluding diaryl/α,β-unsaturated/α-hetero) is 1. The van der Waals surface area contributed by atoms with Crippen molar-refractivity contribution in [2.45, 2.75) is 51.4 Å². The van der Waals surface area contributed by atoms with Crippen LogP contribution >= 0.6 is 0 Å². The van der Waals surface area contributed by atoms with Crippen molar-refractivity contribution in [2.24, 2.45) is 22.4 Å². The molecule has 0 unspecified atom stereocenters. The SMILES string of the molecule is C[C@]12CC[C@@H]3c4ccc(Oc5ccc(N=O)cn5)cc4CC[C@H]3[C@@H]1CCC2=O. The molecule has 2 aromatic rings. The third kappa shape index (κ3) is 2.67. The van der Waals surface area contributed by atoms with Crippen LogP contribution in [-0.2, 0) is 11.2 Å². The van der Waals surface area contributed by atoms with Crippen molar-refractivity contribution >= 4 is 11.5 Å². The molecule has 3 aliphatic rings. The number of hydrogen-bond donors (Lipinski definition) is 0. The van der Waals surface area contributed by atoms with Crippen LogP contribution in [0.15, 0.2) is 41.7 Å². The Morgan fingerprint density at radius 2 is 2.04 bits per heavy atom. The second-order valence-corrected chi connectivity index (χ2v) is 8.74. The Hall–Kier alpha value is -2.56. The summed E-state index contributed by atoms with van der Waals surface area (Å²) in [6.07, 6.45) is 7.59. The molecule has 144 valence electrons. The van der Waals surface area contributed by atoms with Crippen LogP contribution in [0.1, 0.15) is 56.1 Å². The van der Waals surface area contributed by atoms with Gasteiger partial charge in [-0.05, 0) is 84.4 Å². The number of carbonyl (C=O) groups is 1. The molecule has 0 amide bonds. The van der Waals surface area contributed by atoms with Gasteiger partial charge in [-0.2, -0.15) is 0 Å². The fourth-order valence-corrected chi connectivity index (χ4v) is 6.00. The molecule has 4 atom stereocenters. The average molecular weight is 376 g/mol. The van der Waals surface area contributed by atoms with E-state index >= 15 is 0 Å². The Bertz CT molecular complexity index is 939. The molecule has 0 saturated heterocycles. The van der Waals surface area contributed by atoms with Crippen molar-refractivity contribution in [3.8, 4) is 11.6 Å². The first kappa shape index (κ1) is 17.5. The van der Waals surface area contributed by atoms with Crippen LogP contribution < -0.4 is 4.74 Å². The van der Waals surface area contributed by atoms with Gasteiger partial charge in [-0.15, -0.1) is 4.91 Å². The van der Waals surface area contributed by atoms with Crippen molar-refractivity contribution in [3.63, 3.8) is 0 Å². The van der Waals surface area contributed by atoms with E-state index in [9.17, 15) is 9.70 Å². The van der Waals surface area contributed by atoms with Crippen LogP contribution in [-0.4, -0.2) is 10.8 Å². The highest BCUT2D eigenvalue weighted by atomic mass is 16.5. The molecule has 28 heavy (non-hydrogen) atoms. The predicted molar refractivity (Wildman–Crippen MR) is 106 cm³/mol. The highest BCUT2D eigenvalue weighted by Gasteiger charge is 2.54. The Kier molecular flexibility index (Phi) is 4.07. The molecule has 5 heteroatoms. The summed E-state index contributed by atoms with van der Waals surface area (Å²) in [6.45, 7) is 2.22. The number of pyridine rings is 1. The van der Waals surface area contributed by atoms with E-state index in [-0.39, 0.29) is 5.41 Å². The van der Waals surface area contributed by atoms with Gasteiger partial charge < -0.3 is 4.74 Å². The van der Waals surface area contributed by atoms with Crippen molar-refractivity contribution in [3.05, 3.63) is 52.6 Å². The Morgan fingerprint density at radius 1 is 1.14 bits per heavy atom. The Balaban J connectivity index is 1.38. The lowest BCUT2D eigenvalue weighted by atomic mass is 9.55. The molecule has 2 saturated carbocycles. The predicted octanol–water partition coefficient (Wildman–Crippen LogP) is 5.70. The molecule has 1 heterocycles. The number of ketones is 1. The lowest BCUT2D eigenvalue weighted by Gasteiger charge is -2.48. The molecule has 2 fully saturated rings. The van der Waals surface area contributed by atoms with Crippen molar-refractivity contribution in [1.29, 1.82) is 0 Å². The molecule has 0 N–H and O–H groups in total. The number of rotatable bonds is 3. The number of carbonyl (C=O) groups excluding carboxylic acids is 1. The monoisotopic (exact) mass is 376 g/mol. The molecule has 5 rings (SSSR count). The molecule has 5 nitrogen and oxygen atoms in total. The Labute approximate surface area is 164 Å². The van der Waals surface area contributed by atoms with Crippen molar-refractivity contribution in [1.82, 2.24) is 4.98 Å². The van der Waals surface area contributed by atoms with E-state index < -0.39 is 0 Å². The second-order valence-electron chi connectivity index (χ2n) is 8.74. The maximum Gasteiger partial charge on any atom is 0.219 e. The standard InChI is InChI=1S/C23H24N2O3/c1-23-11-10-18-17-6-4-16(28-22-9-3-15(25-27)13-24-22)12-14(17)2-5-19(18)20(23)7-8-21(23)26/h3-4,6,9,12-13,18-20H,2,5,7-8,10-11H2,1H3/t18-,19-,20+,23+/m1/s1. The lowest BCUT2D eigenvalue weighted by Crippen LogP contribution is -2.42. The molecule has 1 aromatic heterocycles. The zero-order valence-corrected chi connectivity index (χ0v) is 16.1. The van der Waals surface area contributed by atoms with E-state index in [2.05, 4.69) is 29.2 Å². The average Bonchev–Trinajstić information content (AvgIpc) is 3.03. The quantitative estimate of drug-likeness (QED) is 0.645. The van der Waals surface area contributed by atoms with E-state index in [4.69, 9.17) is 4.74 Å². The van der Waals surface area contributed by atoms with Gasteiger partial charge in [0.15, 0.2) is 0 Å². The van der Waals surface area contributed by atoms with E-state index in [0.717, 1.165) is 44.3 Å². The van der Waals surface area contributed by atoms with Crippen LogP contribution in [0.25, 0.3) is 0 Å². The first-order valence-electron chi connectivity index (χ1n) is 10.2. The molecule has 0 radical (unpaired) electrons. The first-order chi connectivity index (χ1) is 13.6. The van der Waals surface area contributed by atoms with Gasteiger partial charge in [0.2, 0.25) is 5.88 Å². The summed E-state index contributed by atoms with van der Waals surface area (Å²) in [6, 6.07) is 9.61. The number of aromatic nitrogens is 1. The molecule has 1 aromatic carbocycles. The van der Waals surface area contributed by atoms with Crippen LogP contribution in [0.4, 0.5) is 5.69 Å². The van der Waals surface area contributed by atoms with Gasteiger partial charge >= 0.3 is 0 Å². The van der Waals surface area contributed by atoms with Crippen LogP contribution in [0, 0.1) is 22.2 Å². The Morgan fingerprint density at radius 3 is 2.82 bits per heavy atom. The molecular formula is C23H24N2O3. The van der Waals surface area contributed by atoms with Gasteiger partial charge in [0, 0.05) is 17.9 Å². The van der Waals surface area contributed by atoms with E-state index in [1.54, 1.807) is 12.1 Å². The summed E-state index contributed by atoms with van der Waals surface area (Å²) in [4.78, 5) is 27.1. The second kappa shape index (κ2) is 6.50. The topological polar surface area (TPSA) is 68.6 Å². The third-order valence-corrected chi connectivity index (χ3v) is 7.46. The van der Waals surface area contributed by atoms with Gasteiger partial charge in [-0.3, -0.25) is 4.79 Å². The summed E-state index contributed by atoms with van der Waals surface area (Å²) in [5.41, 5.74) is 3.02. The number of fused-ring (bicyclic) bond motifs is 5. The van der Waals surface area contributed by atoms with Gasteiger partial charge in [-0.1, -0.05) is 13.0 Å². The largest absolute Gasteiger partial charge is 0.439 e. The zero-order chi connectivity index (χ0) is 19.3. The van der Waals surface area contributed by atoms with Gasteiger partial charge in [0.05, 0.1) is 6.20 Å². The van der Waals surface area contributed by atoms with Crippen molar-refractivity contribution in [2.75, 3.05) is 0 Å². The number of benzene rings is 1. The smallest absolute Gasteiger partial charge is 0.219 e. The summed E-state index contributed by atoms with van der Waals surface area (Å²) in [5, 5.41) is 2.86. The van der Waals surface area contributed by atoms with Gasteiger partial charge in [-0.25, -0.2) is 4.98 Å². The summed E-state index contributed by atoms with van der Waals surface area (Å²) >= 11 is 0. The number of nitrogens with zero attached hydrogens (tertiary/aromatic N) is 2.